The van der Waals surface area contributed by atoms with E-state index in [1.807, 2.05) is 54.6 Å². The maximum absolute atomic E-state index is 5.88. The Kier molecular flexibility index (Phi) is 5.65. The van der Waals surface area contributed by atoms with E-state index in [4.69, 9.17) is 16.2 Å². The third-order valence-electron chi connectivity index (χ3n) is 2.52. The van der Waals surface area contributed by atoms with Gasteiger partial charge in [-0.2, -0.15) is 0 Å². The van der Waals surface area contributed by atoms with Crippen LogP contribution in [0.2, 0.25) is 0 Å². The van der Waals surface area contributed by atoms with Gasteiger partial charge in [0.15, 0.2) is 0 Å². The van der Waals surface area contributed by atoms with E-state index >= 15 is 0 Å². The van der Waals surface area contributed by atoms with Gasteiger partial charge in [-0.3, -0.25) is 0 Å². The third-order valence-corrected chi connectivity index (χ3v) is 2.52. The fourth-order valence-corrected chi connectivity index (χ4v) is 1.57. The first-order valence-electron chi connectivity index (χ1n) is 5.58. The molecule has 0 saturated carbocycles. The van der Waals surface area contributed by atoms with Crippen molar-refractivity contribution in [1.29, 1.82) is 0 Å². The molecule has 0 aromatic heterocycles. The lowest BCUT2D eigenvalue weighted by molar-refractivity contribution is 0.481. The Morgan fingerprint density at radius 1 is 0.944 bits per heavy atom. The maximum Gasteiger partial charge on any atom is 0.127 e. The van der Waals surface area contributed by atoms with Crippen LogP contribution in [0.25, 0.3) is 0 Å². The molecule has 3 nitrogen and oxygen atoms in total. The summed E-state index contributed by atoms with van der Waals surface area (Å²) in [6.07, 6.45) is 0. The van der Waals surface area contributed by atoms with Crippen LogP contribution < -0.4 is 16.2 Å². The topological polar surface area (TPSA) is 61.3 Å². The van der Waals surface area contributed by atoms with Crippen molar-refractivity contribution >= 4 is 12.4 Å². The minimum absolute atomic E-state index is 0. The summed E-state index contributed by atoms with van der Waals surface area (Å²) in [4.78, 5) is 0. The lowest BCUT2D eigenvalue weighted by atomic mass is 10.1. The molecule has 1 atom stereocenters. The smallest absolute Gasteiger partial charge is 0.127 e. The molecule has 0 aliphatic carbocycles. The third kappa shape index (κ3) is 3.74. The largest absolute Gasteiger partial charge is 0.457 e. The second kappa shape index (κ2) is 7.01. The number of ether oxygens (including phenoxy) is 1. The van der Waals surface area contributed by atoms with Gasteiger partial charge in [0.25, 0.3) is 0 Å². The van der Waals surface area contributed by atoms with Gasteiger partial charge >= 0.3 is 0 Å². The van der Waals surface area contributed by atoms with E-state index in [0.29, 0.717) is 6.54 Å². The summed E-state index contributed by atoms with van der Waals surface area (Å²) < 4.78 is 5.72. The van der Waals surface area contributed by atoms with Gasteiger partial charge in [0.2, 0.25) is 0 Å². The molecular weight excluding hydrogens is 248 g/mol. The highest BCUT2D eigenvalue weighted by Crippen LogP contribution is 2.23. The van der Waals surface area contributed by atoms with Crippen LogP contribution in [0.3, 0.4) is 0 Å². The number of para-hydroxylation sites is 1. The van der Waals surface area contributed by atoms with Gasteiger partial charge < -0.3 is 16.2 Å². The van der Waals surface area contributed by atoms with Crippen molar-refractivity contribution < 1.29 is 4.74 Å². The molecule has 0 aliphatic rings. The highest BCUT2D eigenvalue weighted by atomic mass is 35.5. The molecule has 0 amide bonds. The Balaban J connectivity index is 0.00000162. The fourth-order valence-electron chi connectivity index (χ4n) is 1.57. The van der Waals surface area contributed by atoms with E-state index in [-0.39, 0.29) is 18.4 Å². The molecule has 4 heteroatoms. The standard InChI is InChI=1S/C14H16N2O.ClH/c15-10-14(16)11-5-4-8-13(9-11)17-12-6-2-1-3-7-12;/h1-9,14H,10,15-16H2;1H/t14-;/m0./s1. The number of hydrogen-bond donors (Lipinski definition) is 2. The molecule has 0 aliphatic heterocycles. The average molecular weight is 265 g/mol. The van der Waals surface area contributed by atoms with Gasteiger partial charge in [-0.1, -0.05) is 30.3 Å². The average Bonchev–Trinajstić information content (AvgIpc) is 2.39. The maximum atomic E-state index is 5.88. The molecule has 2 aromatic carbocycles. The molecule has 0 saturated heterocycles. The van der Waals surface area contributed by atoms with Gasteiger partial charge in [0.1, 0.15) is 11.5 Å². The molecule has 0 unspecified atom stereocenters. The summed E-state index contributed by atoms with van der Waals surface area (Å²) in [5, 5.41) is 0. The van der Waals surface area contributed by atoms with Crippen molar-refractivity contribution in [2.75, 3.05) is 6.54 Å². The highest BCUT2D eigenvalue weighted by Gasteiger charge is 2.04. The molecule has 0 radical (unpaired) electrons. The molecule has 2 rings (SSSR count). The van der Waals surface area contributed by atoms with E-state index in [2.05, 4.69) is 0 Å². The van der Waals surface area contributed by atoms with Crippen molar-refractivity contribution in [2.45, 2.75) is 6.04 Å². The highest BCUT2D eigenvalue weighted by molar-refractivity contribution is 5.85. The Morgan fingerprint density at radius 3 is 2.28 bits per heavy atom. The fraction of sp³-hybridized carbons (Fsp3) is 0.143. The summed E-state index contributed by atoms with van der Waals surface area (Å²) in [7, 11) is 0. The first-order valence-corrected chi connectivity index (χ1v) is 5.58. The van der Waals surface area contributed by atoms with E-state index in [1.165, 1.54) is 0 Å². The van der Waals surface area contributed by atoms with Gasteiger partial charge in [-0.05, 0) is 29.8 Å². The lowest BCUT2D eigenvalue weighted by Gasteiger charge is -2.11. The zero-order chi connectivity index (χ0) is 12.1. The lowest BCUT2D eigenvalue weighted by Crippen LogP contribution is -2.20. The predicted octanol–water partition coefficient (Wildman–Crippen LogP) is 2.86. The quantitative estimate of drug-likeness (QED) is 0.893. The Morgan fingerprint density at radius 2 is 1.61 bits per heavy atom. The van der Waals surface area contributed by atoms with Gasteiger partial charge in [-0.25, -0.2) is 0 Å². The molecule has 0 fully saturated rings. The molecule has 96 valence electrons. The van der Waals surface area contributed by atoms with Crippen molar-refractivity contribution in [3.63, 3.8) is 0 Å². The molecule has 0 heterocycles. The first kappa shape index (κ1) is 14.5. The van der Waals surface area contributed by atoms with Crippen LogP contribution in [0, 0.1) is 0 Å². The Hall–Kier alpha value is -1.55. The normalized spacial score (nSPS) is 11.4. The molecule has 18 heavy (non-hydrogen) atoms. The summed E-state index contributed by atoms with van der Waals surface area (Å²) in [5.41, 5.74) is 12.4. The molecule has 2 aromatic rings. The van der Waals surface area contributed by atoms with Gasteiger partial charge in [-0.15, -0.1) is 12.4 Å². The minimum Gasteiger partial charge on any atom is -0.457 e. The van der Waals surface area contributed by atoms with Crippen LogP contribution >= 0.6 is 12.4 Å². The van der Waals surface area contributed by atoms with Crippen LogP contribution in [0.15, 0.2) is 54.6 Å². The van der Waals surface area contributed by atoms with E-state index < -0.39 is 0 Å². The molecule has 4 N–H and O–H groups in total. The summed E-state index contributed by atoms with van der Waals surface area (Å²) in [5.74, 6) is 1.59. The van der Waals surface area contributed by atoms with Crippen LogP contribution in [-0.4, -0.2) is 6.54 Å². The zero-order valence-electron chi connectivity index (χ0n) is 9.95. The number of hydrogen-bond acceptors (Lipinski definition) is 3. The molecule has 0 bridgehead atoms. The summed E-state index contributed by atoms with van der Waals surface area (Å²) >= 11 is 0. The number of halogens is 1. The second-order valence-corrected chi connectivity index (χ2v) is 3.83. The predicted molar refractivity (Wildman–Crippen MR) is 76.2 cm³/mol. The van der Waals surface area contributed by atoms with Gasteiger partial charge in [0.05, 0.1) is 0 Å². The molecule has 0 spiro atoms. The van der Waals surface area contributed by atoms with E-state index in [9.17, 15) is 0 Å². The summed E-state index contributed by atoms with van der Waals surface area (Å²) in [6, 6.07) is 17.2. The van der Waals surface area contributed by atoms with Gasteiger partial charge in [0, 0.05) is 12.6 Å². The minimum atomic E-state index is -0.144. The Labute approximate surface area is 113 Å². The summed E-state index contributed by atoms with van der Waals surface area (Å²) in [6.45, 7) is 0.425. The van der Waals surface area contributed by atoms with Crippen molar-refractivity contribution in [3.8, 4) is 11.5 Å². The van der Waals surface area contributed by atoms with Crippen molar-refractivity contribution in [2.24, 2.45) is 11.5 Å². The van der Waals surface area contributed by atoms with Crippen LogP contribution in [0.4, 0.5) is 0 Å². The monoisotopic (exact) mass is 264 g/mol. The van der Waals surface area contributed by atoms with E-state index in [1.54, 1.807) is 0 Å². The SMILES string of the molecule is Cl.NC[C@H](N)c1cccc(Oc2ccccc2)c1. The van der Waals surface area contributed by atoms with Crippen molar-refractivity contribution in [1.82, 2.24) is 0 Å². The zero-order valence-corrected chi connectivity index (χ0v) is 10.8. The second-order valence-electron chi connectivity index (χ2n) is 3.83. The number of rotatable bonds is 4. The van der Waals surface area contributed by atoms with Crippen molar-refractivity contribution in [3.05, 3.63) is 60.2 Å². The van der Waals surface area contributed by atoms with Crippen LogP contribution in [0.1, 0.15) is 11.6 Å². The number of nitrogens with two attached hydrogens (primary N) is 2. The van der Waals surface area contributed by atoms with Crippen LogP contribution in [0.5, 0.6) is 11.5 Å². The first-order chi connectivity index (χ1) is 8.29. The number of benzene rings is 2. The van der Waals surface area contributed by atoms with Crippen LogP contribution in [-0.2, 0) is 0 Å². The molecular formula is C14H17ClN2O. The van der Waals surface area contributed by atoms with E-state index in [0.717, 1.165) is 17.1 Å². The Bertz CT molecular complexity index is 476.